The zero-order valence-corrected chi connectivity index (χ0v) is 22.1. The topological polar surface area (TPSA) is 0 Å². The highest BCUT2D eigenvalue weighted by Crippen LogP contribution is 2.42. The Hall–Kier alpha value is -1.89. The third kappa shape index (κ3) is 8.06. The van der Waals surface area contributed by atoms with Gasteiger partial charge in [0, 0.05) is 0 Å². The van der Waals surface area contributed by atoms with Gasteiger partial charge in [-0.25, -0.2) is 0 Å². The SMILES string of the molecule is CC=CCC1CCC(C2CCC(CCc3ccc(-c4ccc(CCCCF)cc4)cc3)CC2)CC1. The minimum Gasteiger partial charge on any atom is -0.251 e. The number of unbranched alkanes of at least 4 members (excludes halogenated alkanes) is 1. The van der Waals surface area contributed by atoms with E-state index in [2.05, 4.69) is 67.6 Å². The molecule has 1 heteroatoms. The van der Waals surface area contributed by atoms with Gasteiger partial charge in [-0.05, 0) is 130 Å². The Labute approximate surface area is 214 Å². The normalized spacial score (nSPS) is 25.2. The van der Waals surface area contributed by atoms with Crippen molar-refractivity contribution >= 4 is 0 Å². The lowest BCUT2D eigenvalue weighted by atomic mass is 9.68. The lowest BCUT2D eigenvalue weighted by Gasteiger charge is -2.37. The molecule has 2 aliphatic rings. The molecule has 190 valence electrons. The highest BCUT2D eigenvalue weighted by molar-refractivity contribution is 5.64. The molecule has 0 amide bonds. The molecule has 0 nitrogen and oxygen atoms in total. The molecule has 2 aromatic rings. The number of aryl methyl sites for hydroxylation is 2. The summed E-state index contributed by atoms with van der Waals surface area (Å²) in [5.41, 5.74) is 5.37. The molecule has 2 fully saturated rings. The fourth-order valence-electron chi connectivity index (χ4n) is 6.69. The largest absolute Gasteiger partial charge is 0.251 e. The van der Waals surface area contributed by atoms with E-state index in [0.717, 1.165) is 36.5 Å². The fraction of sp³-hybridized carbons (Fsp3) is 0.588. The first kappa shape index (κ1) is 26.2. The van der Waals surface area contributed by atoms with Crippen LogP contribution in [0.3, 0.4) is 0 Å². The van der Waals surface area contributed by atoms with Crippen LogP contribution in [-0.2, 0) is 12.8 Å². The van der Waals surface area contributed by atoms with Gasteiger partial charge in [0.1, 0.15) is 0 Å². The second kappa shape index (κ2) is 14.0. The Balaban J connectivity index is 1.16. The third-order valence-corrected chi connectivity index (χ3v) is 9.09. The van der Waals surface area contributed by atoms with Crippen molar-refractivity contribution in [1.29, 1.82) is 0 Å². The van der Waals surface area contributed by atoms with Gasteiger partial charge in [0.2, 0.25) is 0 Å². The maximum atomic E-state index is 12.3. The lowest BCUT2D eigenvalue weighted by molar-refractivity contribution is 0.144. The maximum Gasteiger partial charge on any atom is 0.0894 e. The van der Waals surface area contributed by atoms with E-state index in [1.54, 1.807) is 0 Å². The standard InChI is InChI=1S/C34H47F/c1-2-3-6-27-10-18-31(19-11-27)33-22-14-29(15-23-33)8-9-30-16-24-34(25-17-30)32-20-12-28(13-21-32)7-4-5-26-35/h2-3,12-13,16-17,20-21,24-25,27,29,31,33H,4-11,14-15,18-19,22-23,26H2,1H3. The van der Waals surface area contributed by atoms with Crippen LogP contribution in [0, 0.1) is 23.7 Å². The van der Waals surface area contributed by atoms with E-state index in [1.165, 1.54) is 92.9 Å². The predicted octanol–water partition coefficient (Wildman–Crippen LogP) is 10.2. The van der Waals surface area contributed by atoms with Gasteiger partial charge in [-0.3, -0.25) is 4.39 Å². The van der Waals surface area contributed by atoms with E-state index < -0.39 is 0 Å². The number of halogens is 1. The summed E-state index contributed by atoms with van der Waals surface area (Å²) in [6, 6.07) is 18.1. The van der Waals surface area contributed by atoms with Gasteiger partial charge >= 0.3 is 0 Å². The van der Waals surface area contributed by atoms with Crippen molar-refractivity contribution in [3.63, 3.8) is 0 Å². The molecule has 0 aliphatic heterocycles. The molecule has 0 N–H and O–H groups in total. The van der Waals surface area contributed by atoms with Crippen LogP contribution in [0.1, 0.15) is 95.1 Å². The average Bonchev–Trinajstić information content (AvgIpc) is 2.92. The van der Waals surface area contributed by atoms with Crippen LogP contribution >= 0.6 is 0 Å². The first-order chi connectivity index (χ1) is 17.2. The first-order valence-corrected chi connectivity index (χ1v) is 14.6. The average molecular weight is 475 g/mol. The van der Waals surface area contributed by atoms with Crippen molar-refractivity contribution in [2.24, 2.45) is 23.7 Å². The van der Waals surface area contributed by atoms with E-state index in [-0.39, 0.29) is 6.67 Å². The van der Waals surface area contributed by atoms with E-state index in [0.29, 0.717) is 6.42 Å². The summed E-state index contributed by atoms with van der Waals surface area (Å²) in [6.45, 7) is 1.95. The summed E-state index contributed by atoms with van der Waals surface area (Å²) in [7, 11) is 0. The van der Waals surface area contributed by atoms with Crippen molar-refractivity contribution in [2.45, 2.75) is 96.8 Å². The Bertz CT molecular complexity index is 862. The van der Waals surface area contributed by atoms with Crippen LogP contribution in [0.4, 0.5) is 4.39 Å². The molecule has 2 aromatic carbocycles. The number of alkyl halides is 1. The summed E-state index contributed by atoms with van der Waals surface area (Å²) in [6.07, 6.45) is 22.9. The zero-order valence-electron chi connectivity index (χ0n) is 22.1. The van der Waals surface area contributed by atoms with Crippen LogP contribution in [0.15, 0.2) is 60.7 Å². The van der Waals surface area contributed by atoms with E-state index in [9.17, 15) is 4.39 Å². The van der Waals surface area contributed by atoms with Crippen molar-refractivity contribution in [3.05, 3.63) is 71.8 Å². The van der Waals surface area contributed by atoms with Crippen LogP contribution in [0.25, 0.3) is 11.1 Å². The molecule has 0 spiro atoms. The lowest BCUT2D eigenvalue weighted by Crippen LogP contribution is -2.26. The van der Waals surface area contributed by atoms with Crippen molar-refractivity contribution < 1.29 is 4.39 Å². The smallest absolute Gasteiger partial charge is 0.0894 e. The predicted molar refractivity (Wildman–Crippen MR) is 149 cm³/mol. The van der Waals surface area contributed by atoms with Gasteiger partial charge in [0.15, 0.2) is 0 Å². The van der Waals surface area contributed by atoms with Gasteiger partial charge < -0.3 is 0 Å². The zero-order chi connectivity index (χ0) is 24.3. The Kier molecular flexibility index (Phi) is 10.5. The molecule has 2 aliphatic carbocycles. The van der Waals surface area contributed by atoms with Crippen LogP contribution in [0.2, 0.25) is 0 Å². The third-order valence-electron chi connectivity index (χ3n) is 9.09. The molecule has 0 saturated heterocycles. The van der Waals surface area contributed by atoms with Gasteiger partial charge in [0.05, 0.1) is 6.67 Å². The monoisotopic (exact) mass is 474 g/mol. The molecular formula is C34H47F. The second-order valence-electron chi connectivity index (χ2n) is 11.4. The molecule has 2 saturated carbocycles. The molecule has 35 heavy (non-hydrogen) atoms. The second-order valence-corrected chi connectivity index (χ2v) is 11.4. The molecule has 4 rings (SSSR count). The highest BCUT2D eigenvalue weighted by atomic mass is 19.1. The van der Waals surface area contributed by atoms with Gasteiger partial charge in [-0.1, -0.05) is 73.5 Å². The highest BCUT2D eigenvalue weighted by Gasteiger charge is 2.30. The molecule has 0 aromatic heterocycles. The molecule has 0 atom stereocenters. The number of rotatable bonds is 11. The Morgan fingerprint density at radius 3 is 1.69 bits per heavy atom. The molecule has 0 unspecified atom stereocenters. The van der Waals surface area contributed by atoms with E-state index in [1.807, 2.05) is 0 Å². The minimum absolute atomic E-state index is 0.204. The number of hydrogen-bond acceptors (Lipinski definition) is 0. The summed E-state index contributed by atoms with van der Waals surface area (Å²) < 4.78 is 12.3. The molecule has 0 heterocycles. The summed E-state index contributed by atoms with van der Waals surface area (Å²) in [5, 5.41) is 0. The van der Waals surface area contributed by atoms with E-state index in [4.69, 9.17) is 0 Å². The van der Waals surface area contributed by atoms with Gasteiger partial charge in [-0.2, -0.15) is 0 Å². The van der Waals surface area contributed by atoms with Crippen molar-refractivity contribution in [1.82, 2.24) is 0 Å². The van der Waals surface area contributed by atoms with Crippen LogP contribution < -0.4 is 0 Å². The first-order valence-electron chi connectivity index (χ1n) is 14.6. The molecular weight excluding hydrogens is 427 g/mol. The molecule has 0 bridgehead atoms. The van der Waals surface area contributed by atoms with E-state index >= 15 is 0 Å². The van der Waals surface area contributed by atoms with Crippen LogP contribution in [0.5, 0.6) is 0 Å². The summed E-state index contributed by atoms with van der Waals surface area (Å²) in [4.78, 5) is 0. The fourth-order valence-corrected chi connectivity index (χ4v) is 6.69. The Morgan fingerprint density at radius 1 is 0.657 bits per heavy atom. The summed E-state index contributed by atoms with van der Waals surface area (Å²) in [5.74, 6) is 3.93. The van der Waals surface area contributed by atoms with Gasteiger partial charge in [-0.15, -0.1) is 0 Å². The number of allylic oxidation sites excluding steroid dienone is 2. The molecule has 0 radical (unpaired) electrons. The maximum absolute atomic E-state index is 12.3. The minimum atomic E-state index is -0.204. The number of hydrogen-bond donors (Lipinski definition) is 0. The van der Waals surface area contributed by atoms with Gasteiger partial charge in [0.25, 0.3) is 0 Å². The van der Waals surface area contributed by atoms with Crippen LogP contribution in [-0.4, -0.2) is 6.67 Å². The number of benzene rings is 2. The van der Waals surface area contributed by atoms with Crippen molar-refractivity contribution in [2.75, 3.05) is 6.67 Å². The summed E-state index contributed by atoms with van der Waals surface area (Å²) >= 11 is 0. The Morgan fingerprint density at radius 2 is 1.17 bits per heavy atom. The quantitative estimate of drug-likeness (QED) is 0.224. The van der Waals surface area contributed by atoms with Crippen molar-refractivity contribution in [3.8, 4) is 11.1 Å².